The van der Waals surface area contributed by atoms with Crippen LogP contribution < -0.4 is 10.0 Å². The van der Waals surface area contributed by atoms with Crippen molar-refractivity contribution < 1.29 is 13.2 Å². The van der Waals surface area contributed by atoms with E-state index in [0.717, 1.165) is 14.4 Å². The molecule has 0 fully saturated rings. The van der Waals surface area contributed by atoms with Crippen molar-refractivity contribution in [3.63, 3.8) is 0 Å². The van der Waals surface area contributed by atoms with E-state index >= 15 is 0 Å². The summed E-state index contributed by atoms with van der Waals surface area (Å²) in [5.74, 6) is 1.49. The standard InChI is InChI=1S/C16H22N4O3S4/c1-10(2)8-24-15-19-20-16(26-15)25-9-14(21)18-12-6-5-11(3)13(7-12)27(22,23)17-4/h5-7,10,17H,8-9H2,1-4H3,(H,18,21). The molecule has 7 nitrogen and oxygen atoms in total. The second-order valence-corrected chi connectivity index (χ2v) is 11.4. The number of nitrogens with zero attached hydrogens (tertiary/aromatic N) is 2. The first-order valence-electron chi connectivity index (χ1n) is 8.14. The zero-order chi connectivity index (χ0) is 20.0. The molecule has 0 aliphatic rings. The Bertz CT molecular complexity index is 897. The minimum absolute atomic E-state index is 0.145. The number of hydrogen-bond acceptors (Lipinski definition) is 8. The van der Waals surface area contributed by atoms with Crippen molar-refractivity contribution >= 4 is 56.5 Å². The highest BCUT2D eigenvalue weighted by molar-refractivity contribution is 8.03. The molecule has 27 heavy (non-hydrogen) atoms. The third-order valence-corrected chi connectivity index (χ3v) is 8.46. The van der Waals surface area contributed by atoms with Crippen molar-refractivity contribution in [2.75, 3.05) is 23.9 Å². The molecule has 2 rings (SSSR count). The molecule has 11 heteroatoms. The fraction of sp³-hybridized carbons (Fsp3) is 0.438. The minimum Gasteiger partial charge on any atom is -0.325 e. The first-order valence-corrected chi connectivity index (χ1v) is 12.4. The Morgan fingerprint density at radius 1 is 1.22 bits per heavy atom. The molecular weight excluding hydrogens is 424 g/mol. The third kappa shape index (κ3) is 6.75. The third-order valence-electron chi connectivity index (χ3n) is 3.28. The van der Waals surface area contributed by atoms with Crippen molar-refractivity contribution in [2.24, 2.45) is 5.92 Å². The maximum absolute atomic E-state index is 12.2. The molecule has 0 aliphatic heterocycles. The molecule has 148 valence electrons. The van der Waals surface area contributed by atoms with Crippen LogP contribution in [0.4, 0.5) is 5.69 Å². The molecule has 1 amide bonds. The lowest BCUT2D eigenvalue weighted by atomic mass is 10.2. The van der Waals surface area contributed by atoms with Gasteiger partial charge in [-0.05, 0) is 37.6 Å². The Morgan fingerprint density at radius 2 is 1.89 bits per heavy atom. The maximum Gasteiger partial charge on any atom is 0.240 e. The van der Waals surface area contributed by atoms with Gasteiger partial charge >= 0.3 is 0 Å². The molecule has 2 N–H and O–H groups in total. The van der Waals surface area contributed by atoms with Gasteiger partial charge in [0.05, 0.1) is 10.6 Å². The maximum atomic E-state index is 12.2. The van der Waals surface area contributed by atoms with Crippen LogP contribution in [0.3, 0.4) is 0 Å². The number of thioether (sulfide) groups is 2. The first kappa shape index (κ1) is 22.2. The molecular formula is C16H22N4O3S4. The summed E-state index contributed by atoms with van der Waals surface area (Å²) in [6.07, 6.45) is 0. The molecule has 1 heterocycles. The Hall–Kier alpha value is -1.14. The van der Waals surface area contributed by atoms with E-state index in [0.29, 0.717) is 17.2 Å². The fourth-order valence-electron chi connectivity index (χ4n) is 1.95. The molecule has 0 bridgehead atoms. The molecule has 0 spiro atoms. The Balaban J connectivity index is 1.94. The Labute approximate surface area is 172 Å². The SMILES string of the molecule is CNS(=O)(=O)c1cc(NC(=O)CSc2nnc(SCC(C)C)s2)ccc1C. The largest absolute Gasteiger partial charge is 0.325 e. The molecule has 0 aliphatic carbocycles. The van der Waals surface area contributed by atoms with Crippen LogP contribution in [0.15, 0.2) is 31.8 Å². The monoisotopic (exact) mass is 446 g/mol. The fourth-order valence-corrected chi connectivity index (χ4v) is 5.74. The van der Waals surface area contributed by atoms with Gasteiger partial charge in [-0.3, -0.25) is 4.79 Å². The average molecular weight is 447 g/mol. The van der Waals surface area contributed by atoms with Crippen molar-refractivity contribution in [2.45, 2.75) is 34.3 Å². The van der Waals surface area contributed by atoms with Crippen molar-refractivity contribution in [3.8, 4) is 0 Å². The lowest BCUT2D eigenvalue weighted by Gasteiger charge is -2.10. The number of amides is 1. The highest BCUT2D eigenvalue weighted by atomic mass is 32.2. The lowest BCUT2D eigenvalue weighted by molar-refractivity contribution is -0.113. The van der Waals surface area contributed by atoms with E-state index in [1.165, 1.54) is 36.2 Å². The van der Waals surface area contributed by atoms with Gasteiger partial charge in [0.2, 0.25) is 15.9 Å². The number of rotatable bonds is 9. The number of aromatic nitrogens is 2. The molecule has 0 saturated heterocycles. The quantitative estimate of drug-likeness (QED) is 0.570. The smallest absolute Gasteiger partial charge is 0.240 e. The first-order chi connectivity index (χ1) is 12.7. The van der Waals surface area contributed by atoms with Crippen LogP contribution in [0.1, 0.15) is 19.4 Å². The van der Waals surface area contributed by atoms with Crippen LogP contribution in [0.2, 0.25) is 0 Å². The van der Waals surface area contributed by atoms with Gasteiger partial charge in [0.25, 0.3) is 0 Å². The molecule has 0 atom stereocenters. The summed E-state index contributed by atoms with van der Waals surface area (Å²) in [6, 6.07) is 4.80. The van der Waals surface area contributed by atoms with Crippen LogP contribution in [0, 0.1) is 12.8 Å². The van der Waals surface area contributed by atoms with Gasteiger partial charge in [-0.15, -0.1) is 10.2 Å². The van der Waals surface area contributed by atoms with Crippen LogP contribution in [-0.4, -0.2) is 43.1 Å². The Morgan fingerprint density at radius 3 is 2.52 bits per heavy atom. The summed E-state index contributed by atoms with van der Waals surface area (Å²) in [4.78, 5) is 12.3. The molecule has 1 aromatic heterocycles. The number of carbonyl (C=O) groups excluding carboxylic acids is 1. The minimum atomic E-state index is -3.58. The van der Waals surface area contributed by atoms with Gasteiger partial charge in [-0.1, -0.05) is 54.8 Å². The van der Waals surface area contributed by atoms with Gasteiger partial charge in [0.1, 0.15) is 0 Å². The van der Waals surface area contributed by atoms with E-state index in [4.69, 9.17) is 0 Å². The number of nitrogens with one attached hydrogen (secondary N) is 2. The molecule has 2 aromatic rings. The average Bonchev–Trinajstić information content (AvgIpc) is 3.07. The molecule has 1 aromatic carbocycles. The van der Waals surface area contributed by atoms with Gasteiger partial charge < -0.3 is 5.32 Å². The molecule has 0 saturated carbocycles. The van der Waals surface area contributed by atoms with E-state index in [1.54, 1.807) is 30.8 Å². The molecule has 0 radical (unpaired) electrons. The number of anilines is 1. The van der Waals surface area contributed by atoms with Gasteiger partial charge in [0.15, 0.2) is 8.68 Å². The summed E-state index contributed by atoms with van der Waals surface area (Å²) in [5, 5.41) is 10.9. The zero-order valence-corrected chi connectivity index (χ0v) is 18.7. The van der Waals surface area contributed by atoms with Gasteiger partial charge in [-0.2, -0.15) is 0 Å². The lowest BCUT2D eigenvalue weighted by Crippen LogP contribution is -2.20. The van der Waals surface area contributed by atoms with Gasteiger partial charge in [-0.25, -0.2) is 13.1 Å². The predicted molar refractivity (Wildman–Crippen MR) is 112 cm³/mol. The second kappa shape index (κ2) is 9.87. The van der Waals surface area contributed by atoms with Crippen LogP contribution in [0.5, 0.6) is 0 Å². The van der Waals surface area contributed by atoms with Crippen molar-refractivity contribution in [1.29, 1.82) is 0 Å². The number of sulfonamides is 1. The highest BCUT2D eigenvalue weighted by Crippen LogP contribution is 2.30. The van der Waals surface area contributed by atoms with E-state index < -0.39 is 10.0 Å². The summed E-state index contributed by atoms with van der Waals surface area (Å²) >= 11 is 4.44. The van der Waals surface area contributed by atoms with Crippen molar-refractivity contribution in [3.05, 3.63) is 23.8 Å². The predicted octanol–water partition coefficient (Wildman–Crippen LogP) is 3.23. The normalized spacial score (nSPS) is 11.7. The van der Waals surface area contributed by atoms with Crippen LogP contribution >= 0.6 is 34.9 Å². The zero-order valence-electron chi connectivity index (χ0n) is 15.5. The number of benzene rings is 1. The highest BCUT2D eigenvalue weighted by Gasteiger charge is 2.16. The summed E-state index contributed by atoms with van der Waals surface area (Å²) in [6.45, 7) is 5.99. The molecule has 0 unspecified atom stereocenters. The summed E-state index contributed by atoms with van der Waals surface area (Å²) < 4.78 is 28.0. The topological polar surface area (TPSA) is 101 Å². The van der Waals surface area contributed by atoms with Crippen LogP contribution in [-0.2, 0) is 14.8 Å². The van der Waals surface area contributed by atoms with E-state index in [1.807, 2.05) is 0 Å². The summed E-state index contributed by atoms with van der Waals surface area (Å²) in [7, 11) is -2.22. The van der Waals surface area contributed by atoms with E-state index in [9.17, 15) is 13.2 Å². The van der Waals surface area contributed by atoms with E-state index in [2.05, 4.69) is 34.1 Å². The number of hydrogen-bond donors (Lipinski definition) is 2. The van der Waals surface area contributed by atoms with Gasteiger partial charge in [0, 0.05) is 11.4 Å². The number of carbonyl (C=O) groups is 1. The second-order valence-electron chi connectivity index (χ2n) is 6.06. The van der Waals surface area contributed by atoms with E-state index in [-0.39, 0.29) is 16.6 Å². The van der Waals surface area contributed by atoms with Crippen LogP contribution in [0.25, 0.3) is 0 Å². The Kier molecular flexibility index (Phi) is 8.10. The van der Waals surface area contributed by atoms with Crippen molar-refractivity contribution in [1.82, 2.24) is 14.9 Å². The summed E-state index contributed by atoms with van der Waals surface area (Å²) in [5.41, 5.74) is 1.04. The number of aryl methyl sites for hydroxylation is 1.